The summed E-state index contributed by atoms with van der Waals surface area (Å²) in [4.78, 5) is 4.24. The molecular weight excluding hydrogens is 441 g/mol. The summed E-state index contributed by atoms with van der Waals surface area (Å²) >= 11 is 0. The van der Waals surface area contributed by atoms with E-state index in [1.807, 2.05) is 43.3 Å². The quantitative estimate of drug-likeness (QED) is 0.268. The van der Waals surface area contributed by atoms with Gasteiger partial charge in [-0.15, -0.1) is 24.0 Å². The molecule has 0 saturated carbocycles. The predicted octanol–water partition coefficient (Wildman–Crippen LogP) is 3.76. The molecule has 2 N–H and O–H groups in total. The van der Waals surface area contributed by atoms with E-state index in [1.54, 1.807) is 14.2 Å². The van der Waals surface area contributed by atoms with Crippen LogP contribution in [0.4, 0.5) is 0 Å². The van der Waals surface area contributed by atoms with Crippen molar-refractivity contribution in [2.45, 2.75) is 19.9 Å². The van der Waals surface area contributed by atoms with Crippen LogP contribution >= 0.6 is 24.0 Å². The Hall–Kier alpha value is -1.96. The Kier molecular flexibility index (Phi) is 10.5. The highest BCUT2D eigenvalue weighted by Gasteiger charge is 2.02. The number of rotatable bonds is 8. The first kappa shape index (κ1) is 22.1. The van der Waals surface area contributed by atoms with Crippen molar-refractivity contribution in [3.05, 3.63) is 59.7 Å². The Bertz CT molecular complexity index is 678. The number of halogens is 1. The lowest BCUT2D eigenvalue weighted by Gasteiger charge is -2.13. The summed E-state index contributed by atoms with van der Waals surface area (Å²) in [7, 11) is 3.46. The smallest absolute Gasteiger partial charge is 0.191 e. The first-order valence-corrected chi connectivity index (χ1v) is 8.49. The summed E-state index contributed by atoms with van der Waals surface area (Å²) in [6.45, 7) is 4.23. The van der Waals surface area contributed by atoms with Crippen LogP contribution in [-0.4, -0.2) is 33.3 Å². The summed E-state index contributed by atoms with van der Waals surface area (Å²) in [5.74, 6) is 2.60. The molecule has 0 radical (unpaired) electrons. The third-order valence-corrected chi connectivity index (χ3v) is 3.77. The lowest BCUT2D eigenvalue weighted by molar-refractivity contribution is 0.311. The highest BCUT2D eigenvalue weighted by Crippen LogP contribution is 2.18. The minimum Gasteiger partial charge on any atom is -0.496 e. The second-order valence-electron chi connectivity index (χ2n) is 5.67. The van der Waals surface area contributed by atoms with E-state index < -0.39 is 0 Å². The Morgan fingerprint density at radius 2 is 1.85 bits per heavy atom. The van der Waals surface area contributed by atoms with Crippen molar-refractivity contribution < 1.29 is 9.47 Å². The molecule has 0 spiro atoms. The third kappa shape index (κ3) is 7.51. The van der Waals surface area contributed by atoms with E-state index in [-0.39, 0.29) is 24.0 Å². The van der Waals surface area contributed by atoms with Gasteiger partial charge < -0.3 is 20.1 Å². The summed E-state index contributed by atoms with van der Waals surface area (Å²) in [5.41, 5.74) is 2.32. The van der Waals surface area contributed by atoms with Gasteiger partial charge in [-0.25, -0.2) is 0 Å². The number of hydrogen-bond acceptors (Lipinski definition) is 3. The average molecular weight is 469 g/mol. The molecule has 5 nitrogen and oxygen atoms in total. The minimum absolute atomic E-state index is 0. The minimum atomic E-state index is 0. The van der Waals surface area contributed by atoms with E-state index in [9.17, 15) is 0 Å². The number of ether oxygens (including phenoxy) is 2. The third-order valence-electron chi connectivity index (χ3n) is 3.77. The van der Waals surface area contributed by atoms with E-state index in [4.69, 9.17) is 9.47 Å². The SMILES string of the molecule is CN=C(NCCCOc1ccccc1)NCc1ccc(OC)c(C)c1.I. The maximum atomic E-state index is 5.67. The Morgan fingerprint density at radius 3 is 2.50 bits per heavy atom. The molecule has 6 heteroatoms. The Labute approximate surface area is 173 Å². The van der Waals surface area contributed by atoms with Crippen molar-refractivity contribution in [3.63, 3.8) is 0 Å². The van der Waals surface area contributed by atoms with E-state index in [1.165, 1.54) is 5.56 Å². The molecule has 0 bridgehead atoms. The summed E-state index contributed by atoms with van der Waals surface area (Å²) in [6.07, 6.45) is 0.900. The van der Waals surface area contributed by atoms with Gasteiger partial charge in [-0.3, -0.25) is 4.99 Å². The van der Waals surface area contributed by atoms with Crippen LogP contribution in [0.25, 0.3) is 0 Å². The molecule has 0 fully saturated rings. The second-order valence-corrected chi connectivity index (χ2v) is 5.67. The highest BCUT2D eigenvalue weighted by atomic mass is 127. The van der Waals surface area contributed by atoms with Gasteiger partial charge in [0, 0.05) is 20.1 Å². The summed E-state index contributed by atoms with van der Waals surface area (Å²) < 4.78 is 11.0. The van der Waals surface area contributed by atoms with Gasteiger partial charge in [0.05, 0.1) is 13.7 Å². The standard InChI is InChI=1S/C20H27N3O2.HI/c1-16-14-17(10-11-19(16)24-3)15-23-20(21-2)22-12-7-13-25-18-8-5-4-6-9-18;/h4-6,8-11,14H,7,12-13,15H2,1-3H3,(H2,21,22,23);1H. The number of para-hydroxylation sites is 1. The molecule has 2 aromatic rings. The fraction of sp³-hybridized carbons (Fsp3) is 0.350. The number of guanidine groups is 1. The topological polar surface area (TPSA) is 54.9 Å². The van der Waals surface area contributed by atoms with Crippen molar-refractivity contribution in [1.82, 2.24) is 10.6 Å². The molecule has 0 heterocycles. The van der Waals surface area contributed by atoms with Gasteiger partial charge in [0.1, 0.15) is 11.5 Å². The van der Waals surface area contributed by atoms with Gasteiger partial charge in [0.15, 0.2) is 5.96 Å². The molecule has 0 amide bonds. The molecule has 2 rings (SSSR count). The summed E-state index contributed by atoms with van der Waals surface area (Å²) in [6, 6.07) is 16.0. The second kappa shape index (κ2) is 12.4. The number of hydrogen-bond donors (Lipinski definition) is 2. The molecule has 0 atom stereocenters. The maximum absolute atomic E-state index is 5.67. The van der Waals surface area contributed by atoms with Gasteiger partial charge in [-0.05, 0) is 42.7 Å². The van der Waals surface area contributed by atoms with Crippen molar-refractivity contribution >= 4 is 29.9 Å². The van der Waals surface area contributed by atoms with Crippen molar-refractivity contribution in [1.29, 1.82) is 0 Å². The molecular formula is C20H28IN3O2. The predicted molar refractivity (Wildman–Crippen MR) is 118 cm³/mol. The Balaban J connectivity index is 0.00000338. The number of benzene rings is 2. The first-order chi connectivity index (χ1) is 12.2. The van der Waals surface area contributed by atoms with Crippen molar-refractivity contribution in [3.8, 4) is 11.5 Å². The zero-order valence-electron chi connectivity index (χ0n) is 15.6. The maximum Gasteiger partial charge on any atom is 0.191 e. The molecule has 0 aliphatic rings. The molecule has 26 heavy (non-hydrogen) atoms. The zero-order valence-corrected chi connectivity index (χ0v) is 17.9. The fourth-order valence-electron chi connectivity index (χ4n) is 2.44. The van der Waals surface area contributed by atoms with E-state index in [2.05, 4.69) is 27.8 Å². The number of aliphatic imine (C=N–C) groups is 1. The molecule has 0 unspecified atom stereocenters. The van der Waals surface area contributed by atoms with Crippen LogP contribution in [0, 0.1) is 6.92 Å². The molecule has 0 aliphatic heterocycles. The molecule has 2 aromatic carbocycles. The van der Waals surface area contributed by atoms with Crippen LogP contribution in [0.3, 0.4) is 0 Å². The average Bonchev–Trinajstić information content (AvgIpc) is 2.65. The van der Waals surface area contributed by atoms with Crippen LogP contribution in [0.2, 0.25) is 0 Å². The monoisotopic (exact) mass is 469 g/mol. The van der Waals surface area contributed by atoms with Gasteiger partial charge in [-0.2, -0.15) is 0 Å². The van der Waals surface area contributed by atoms with Crippen LogP contribution in [0.15, 0.2) is 53.5 Å². The number of aryl methyl sites for hydroxylation is 1. The normalized spacial score (nSPS) is 10.7. The van der Waals surface area contributed by atoms with Gasteiger partial charge in [0.2, 0.25) is 0 Å². The van der Waals surface area contributed by atoms with Crippen LogP contribution in [0.1, 0.15) is 17.5 Å². The van der Waals surface area contributed by atoms with Crippen molar-refractivity contribution in [2.75, 3.05) is 27.3 Å². The van der Waals surface area contributed by atoms with Crippen LogP contribution < -0.4 is 20.1 Å². The Morgan fingerprint density at radius 1 is 1.08 bits per heavy atom. The largest absolute Gasteiger partial charge is 0.496 e. The first-order valence-electron chi connectivity index (χ1n) is 8.49. The lowest BCUT2D eigenvalue weighted by atomic mass is 10.1. The highest BCUT2D eigenvalue weighted by molar-refractivity contribution is 14.0. The van der Waals surface area contributed by atoms with Gasteiger partial charge in [0.25, 0.3) is 0 Å². The van der Waals surface area contributed by atoms with E-state index in [0.717, 1.165) is 36.0 Å². The molecule has 0 aliphatic carbocycles. The number of methoxy groups -OCH3 is 1. The van der Waals surface area contributed by atoms with E-state index in [0.29, 0.717) is 13.2 Å². The lowest BCUT2D eigenvalue weighted by Crippen LogP contribution is -2.37. The summed E-state index contributed by atoms with van der Waals surface area (Å²) in [5, 5.41) is 6.61. The number of nitrogens with zero attached hydrogens (tertiary/aromatic N) is 1. The van der Waals surface area contributed by atoms with Gasteiger partial charge in [-0.1, -0.05) is 30.3 Å². The van der Waals surface area contributed by atoms with Crippen LogP contribution in [0.5, 0.6) is 11.5 Å². The number of nitrogens with one attached hydrogen (secondary N) is 2. The zero-order chi connectivity index (χ0) is 17.9. The molecule has 0 saturated heterocycles. The molecule has 142 valence electrons. The molecule has 0 aromatic heterocycles. The van der Waals surface area contributed by atoms with Gasteiger partial charge >= 0.3 is 0 Å². The fourth-order valence-corrected chi connectivity index (χ4v) is 2.44. The van der Waals surface area contributed by atoms with E-state index >= 15 is 0 Å². The van der Waals surface area contributed by atoms with Crippen molar-refractivity contribution in [2.24, 2.45) is 4.99 Å². The van der Waals surface area contributed by atoms with Crippen LogP contribution in [-0.2, 0) is 6.54 Å².